The first kappa shape index (κ1) is 21.2. The first-order valence-electron chi connectivity index (χ1n) is 10.6. The maximum Gasteiger partial charge on any atom is 0.267 e. The van der Waals surface area contributed by atoms with Gasteiger partial charge in [0.1, 0.15) is 16.7 Å². The highest BCUT2D eigenvalue weighted by Crippen LogP contribution is 2.42. The van der Waals surface area contributed by atoms with Crippen LogP contribution < -0.4 is 4.90 Å². The summed E-state index contributed by atoms with van der Waals surface area (Å²) in [4.78, 5) is 29.9. The van der Waals surface area contributed by atoms with E-state index in [0.717, 1.165) is 24.8 Å². The van der Waals surface area contributed by atoms with Crippen LogP contribution in [0.25, 0.3) is 0 Å². The summed E-state index contributed by atoms with van der Waals surface area (Å²) in [5.41, 5.74) is 2.97. The van der Waals surface area contributed by atoms with Crippen LogP contribution in [0.15, 0.2) is 65.2 Å². The molecule has 2 aromatic rings. The predicted molar refractivity (Wildman–Crippen MR) is 123 cm³/mol. The fourth-order valence-electron chi connectivity index (χ4n) is 3.98. The Morgan fingerprint density at radius 3 is 2.39 bits per heavy atom. The summed E-state index contributed by atoms with van der Waals surface area (Å²) in [6.45, 7) is 3.35. The number of aryl methyl sites for hydroxylation is 1. The zero-order chi connectivity index (χ0) is 21.8. The van der Waals surface area contributed by atoms with Gasteiger partial charge in [-0.05, 0) is 50.3 Å². The van der Waals surface area contributed by atoms with Crippen LogP contribution in [0, 0.1) is 18.3 Å². The van der Waals surface area contributed by atoms with Crippen molar-refractivity contribution in [3.05, 3.63) is 76.3 Å². The van der Waals surface area contributed by atoms with Crippen molar-refractivity contribution in [1.82, 2.24) is 4.90 Å². The molecule has 0 bridgehead atoms. The van der Waals surface area contributed by atoms with Gasteiger partial charge in [-0.3, -0.25) is 14.5 Å². The normalized spacial score (nSPS) is 20.5. The van der Waals surface area contributed by atoms with Gasteiger partial charge in [0.15, 0.2) is 0 Å². The molecule has 31 heavy (non-hydrogen) atoms. The number of hydrogen-bond acceptors (Lipinski definition) is 4. The number of likely N-dealkylation sites (tertiary alicyclic amines) is 1. The lowest BCUT2D eigenvalue weighted by atomic mass is 10.1. The number of benzene rings is 2. The molecule has 0 spiro atoms. The van der Waals surface area contributed by atoms with Crippen molar-refractivity contribution in [3.8, 4) is 6.07 Å². The lowest BCUT2D eigenvalue weighted by Gasteiger charge is -2.27. The van der Waals surface area contributed by atoms with E-state index in [4.69, 9.17) is 0 Å². The Kier molecular flexibility index (Phi) is 6.43. The molecule has 2 fully saturated rings. The highest BCUT2D eigenvalue weighted by Gasteiger charge is 2.41. The average Bonchev–Trinajstić information content (AvgIpc) is 3.12. The highest BCUT2D eigenvalue weighted by atomic mass is 32.2. The molecule has 0 aliphatic carbocycles. The molecule has 2 heterocycles. The van der Waals surface area contributed by atoms with E-state index in [-0.39, 0.29) is 22.6 Å². The molecule has 0 N–H and O–H groups in total. The molecule has 2 aliphatic heterocycles. The molecular formula is C25H25N3O2S. The molecule has 1 unspecified atom stereocenters. The number of para-hydroxylation sites is 1. The summed E-state index contributed by atoms with van der Waals surface area (Å²) < 4.78 is 0. The van der Waals surface area contributed by atoms with Crippen LogP contribution in [0.5, 0.6) is 0 Å². The molecule has 1 atom stereocenters. The van der Waals surface area contributed by atoms with E-state index in [0.29, 0.717) is 30.2 Å². The molecule has 4 rings (SSSR count). The van der Waals surface area contributed by atoms with Crippen molar-refractivity contribution in [2.75, 3.05) is 18.0 Å². The fourth-order valence-corrected chi connectivity index (χ4v) is 5.29. The third-order valence-corrected chi connectivity index (χ3v) is 6.95. The monoisotopic (exact) mass is 431 g/mol. The van der Waals surface area contributed by atoms with Gasteiger partial charge in [0.25, 0.3) is 5.91 Å². The van der Waals surface area contributed by atoms with Gasteiger partial charge in [-0.15, -0.1) is 0 Å². The Morgan fingerprint density at radius 1 is 1.06 bits per heavy atom. The van der Waals surface area contributed by atoms with Crippen LogP contribution in [0.1, 0.15) is 30.4 Å². The van der Waals surface area contributed by atoms with Gasteiger partial charge in [0.2, 0.25) is 5.91 Å². The molecule has 0 aromatic heterocycles. The minimum Gasteiger partial charge on any atom is -0.338 e. The number of piperidine rings is 1. The van der Waals surface area contributed by atoms with E-state index in [1.807, 2.05) is 61.5 Å². The van der Waals surface area contributed by atoms with E-state index < -0.39 is 0 Å². The number of hydrogen-bond donors (Lipinski definition) is 0. The minimum absolute atomic E-state index is 0.0653. The van der Waals surface area contributed by atoms with Crippen LogP contribution in [-0.2, 0) is 16.0 Å². The van der Waals surface area contributed by atoms with Gasteiger partial charge in [0.05, 0.1) is 5.25 Å². The molecule has 2 aliphatic rings. The minimum atomic E-state index is -0.379. The van der Waals surface area contributed by atoms with Gasteiger partial charge in [-0.2, -0.15) is 5.26 Å². The fraction of sp³-hybridized carbons (Fsp3) is 0.320. The summed E-state index contributed by atoms with van der Waals surface area (Å²) in [6, 6.07) is 19.5. The van der Waals surface area contributed by atoms with E-state index in [1.165, 1.54) is 17.3 Å². The standard InChI is InChI=1S/C25H25N3O2S/c1-18-10-12-19(13-11-18)16-22-24(30)28(20-8-4-2-5-9-20)25(31-22)21(17-26)23(29)27-14-6-3-7-15-27/h2,4-5,8-13,22H,3,6-7,14-16H2,1H3/b25-21-. The smallest absolute Gasteiger partial charge is 0.267 e. The molecule has 2 amide bonds. The van der Waals surface area contributed by atoms with Crippen molar-refractivity contribution < 1.29 is 9.59 Å². The Labute approximate surface area is 187 Å². The number of anilines is 1. The lowest BCUT2D eigenvalue weighted by Crippen LogP contribution is -2.37. The Bertz CT molecular complexity index is 1030. The third-order valence-electron chi connectivity index (χ3n) is 5.69. The van der Waals surface area contributed by atoms with E-state index in [2.05, 4.69) is 6.07 Å². The number of rotatable bonds is 4. The second kappa shape index (κ2) is 9.40. The van der Waals surface area contributed by atoms with Crippen molar-refractivity contribution >= 4 is 29.3 Å². The van der Waals surface area contributed by atoms with Crippen LogP contribution in [0.2, 0.25) is 0 Å². The predicted octanol–water partition coefficient (Wildman–Crippen LogP) is 4.43. The topological polar surface area (TPSA) is 64.4 Å². The zero-order valence-corrected chi connectivity index (χ0v) is 18.4. The summed E-state index contributed by atoms with van der Waals surface area (Å²) in [5, 5.41) is 10.0. The van der Waals surface area contributed by atoms with E-state index in [9.17, 15) is 14.9 Å². The van der Waals surface area contributed by atoms with Crippen molar-refractivity contribution in [1.29, 1.82) is 5.26 Å². The second-order valence-electron chi connectivity index (χ2n) is 7.95. The Balaban J connectivity index is 1.71. The van der Waals surface area contributed by atoms with Crippen LogP contribution in [-0.4, -0.2) is 35.1 Å². The SMILES string of the molecule is Cc1ccc(CC2S/C(=C(/C#N)C(=O)N3CCCCC3)N(c3ccccc3)C2=O)cc1. The van der Waals surface area contributed by atoms with Gasteiger partial charge < -0.3 is 4.90 Å². The van der Waals surface area contributed by atoms with Crippen LogP contribution in [0.4, 0.5) is 5.69 Å². The van der Waals surface area contributed by atoms with Gasteiger partial charge >= 0.3 is 0 Å². The van der Waals surface area contributed by atoms with Crippen molar-refractivity contribution in [2.24, 2.45) is 0 Å². The largest absolute Gasteiger partial charge is 0.338 e. The molecule has 2 saturated heterocycles. The maximum absolute atomic E-state index is 13.4. The molecule has 158 valence electrons. The molecule has 6 heteroatoms. The molecule has 0 radical (unpaired) electrons. The summed E-state index contributed by atoms with van der Waals surface area (Å²) in [7, 11) is 0. The van der Waals surface area contributed by atoms with E-state index in [1.54, 1.807) is 9.80 Å². The third kappa shape index (κ3) is 4.52. The second-order valence-corrected chi connectivity index (χ2v) is 9.14. The first-order chi connectivity index (χ1) is 15.1. The number of nitriles is 1. The Hall–Kier alpha value is -3.04. The zero-order valence-electron chi connectivity index (χ0n) is 17.6. The van der Waals surface area contributed by atoms with Gasteiger partial charge in [-0.25, -0.2) is 0 Å². The number of carbonyl (C=O) groups is 2. The van der Waals surface area contributed by atoms with Crippen LogP contribution in [0.3, 0.4) is 0 Å². The van der Waals surface area contributed by atoms with Crippen LogP contribution >= 0.6 is 11.8 Å². The number of carbonyl (C=O) groups excluding carboxylic acids is 2. The summed E-state index contributed by atoms with van der Waals surface area (Å²) in [5.74, 6) is -0.361. The number of amides is 2. The molecule has 2 aromatic carbocycles. The highest BCUT2D eigenvalue weighted by molar-refractivity contribution is 8.05. The van der Waals surface area contributed by atoms with E-state index >= 15 is 0 Å². The van der Waals surface area contributed by atoms with Gasteiger partial charge in [0, 0.05) is 18.8 Å². The quantitative estimate of drug-likeness (QED) is 0.531. The van der Waals surface area contributed by atoms with Crippen molar-refractivity contribution in [2.45, 2.75) is 37.9 Å². The summed E-state index contributed by atoms with van der Waals surface area (Å²) in [6.07, 6.45) is 3.55. The lowest BCUT2D eigenvalue weighted by molar-refractivity contribution is -0.127. The average molecular weight is 432 g/mol. The Morgan fingerprint density at radius 2 is 1.74 bits per heavy atom. The number of nitrogens with zero attached hydrogens (tertiary/aromatic N) is 3. The summed E-state index contributed by atoms with van der Waals surface area (Å²) >= 11 is 1.33. The molecule has 0 saturated carbocycles. The molecule has 5 nitrogen and oxygen atoms in total. The van der Waals surface area contributed by atoms with Crippen molar-refractivity contribution in [3.63, 3.8) is 0 Å². The van der Waals surface area contributed by atoms with Gasteiger partial charge in [-0.1, -0.05) is 59.8 Å². The number of thioether (sulfide) groups is 1. The maximum atomic E-state index is 13.4. The molecular weight excluding hydrogens is 406 g/mol. The first-order valence-corrected chi connectivity index (χ1v) is 11.5.